The summed E-state index contributed by atoms with van der Waals surface area (Å²) >= 11 is 7.53. The van der Waals surface area contributed by atoms with Gasteiger partial charge in [0.15, 0.2) is 0 Å². The van der Waals surface area contributed by atoms with E-state index >= 15 is 0 Å². The van der Waals surface area contributed by atoms with Crippen LogP contribution in [0.4, 0.5) is 5.69 Å². The SMILES string of the molecule is CCCCCCCCCC[C@@](Cl)([C@H](Nc1ccccc1)c1ccccc1)[S@](=O)c1ccc(C)cc1. The summed E-state index contributed by atoms with van der Waals surface area (Å²) < 4.78 is 13.2. The second-order valence-corrected chi connectivity index (χ2v) is 12.1. The molecule has 0 saturated heterocycles. The number of hydrogen-bond acceptors (Lipinski definition) is 2. The van der Waals surface area contributed by atoms with E-state index in [1.807, 2.05) is 79.7 Å². The summed E-state index contributed by atoms with van der Waals surface area (Å²) in [6.45, 7) is 4.30. The van der Waals surface area contributed by atoms with E-state index in [4.69, 9.17) is 11.6 Å². The van der Waals surface area contributed by atoms with E-state index in [9.17, 15) is 4.21 Å². The minimum atomic E-state index is -1.41. The average molecular weight is 510 g/mol. The standard InChI is InChI=1S/C31H40ClNOS/c1-3-4-5-6-7-8-9-16-25-31(32,35(34)29-23-21-26(2)22-24-29)30(27-17-12-10-13-18-27)33-28-19-14-11-15-20-28/h10-15,17-24,30,33H,3-9,16,25H2,1-2H3/t30-,31+,35-/m1/s1. The normalized spacial score (nSPS) is 14.7. The molecule has 188 valence electrons. The van der Waals surface area contributed by atoms with Gasteiger partial charge in [0.2, 0.25) is 0 Å². The molecule has 0 aliphatic carbocycles. The zero-order chi connectivity index (χ0) is 24.9. The Balaban J connectivity index is 1.86. The molecule has 4 heteroatoms. The topological polar surface area (TPSA) is 29.1 Å². The molecule has 0 radical (unpaired) electrons. The number of rotatable bonds is 15. The van der Waals surface area contributed by atoms with Crippen LogP contribution in [0.2, 0.25) is 0 Å². The van der Waals surface area contributed by atoms with Crippen LogP contribution in [-0.4, -0.2) is 8.42 Å². The highest BCUT2D eigenvalue weighted by molar-refractivity contribution is 7.88. The smallest absolute Gasteiger partial charge is 0.148 e. The maximum atomic E-state index is 14.2. The Morgan fingerprint density at radius 3 is 1.91 bits per heavy atom. The van der Waals surface area contributed by atoms with Gasteiger partial charge in [-0.1, -0.05) is 125 Å². The molecular weight excluding hydrogens is 470 g/mol. The molecule has 0 fully saturated rings. The van der Waals surface area contributed by atoms with Crippen LogP contribution in [0.5, 0.6) is 0 Å². The molecule has 2 nitrogen and oxygen atoms in total. The maximum absolute atomic E-state index is 14.2. The summed E-state index contributed by atoms with van der Waals surface area (Å²) in [7, 11) is -1.41. The first-order valence-corrected chi connectivity index (χ1v) is 14.6. The Kier molecular flexibility index (Phi) is 11.4. The first-order chi connectivity index (χ1) is 17.0. The van der Waals surface area contributed by atoms with E-state index in [1.165, 1.54) is 38.5 Å². The number of anilines is 1. The number of halogens is 1. The highest BCUT2D eigenvalue weighted by atomic mass is 35.5. The summed E-state index contributed by atoms with van der Waals surface area (Å²) in [6.07, 6.45) is 10.4. The lowest BCUT2D eigenvalue weighted by Gasteiger charge is -2.36. The minimum absolute atomic E-state index is 0.306. The molecule has 0 heterocycles. The fourth-order valence-electron chi connectivity index (χ4n) is 4.49. The lowest BCUT2D eigenvalue weighted by Crippen LogP contribution is -2.39. The van der Waals surface area contributed by atoms with Crippen molar-refractivity contribution in [3.63, 3.8) is 0 Å². The van der Waals surface area contributed by atoms with Crippen molar-refractivity contribution in [1.82, 2.24) is 0 Å². The van der Waals surface area contributed by atoms with Gasteiger partial charge in [-0.15, -0.1) is 11.6 Å². The van der Waals surface area contributed by atoms with E-state index < -0.39 is 15.0 Å². The van der Waals surface area contributed by atoms with Crippen molar-refractivity contribution in [3.8, 4) is 0 Å². The summed E-state index contributed by atoms with van der Waals surface area (Å²) in [5.41, 5.74) is 3.17. The number of unbranched alkanes of at least 4 members (excludes halogenated alkanes) is 7. The molecule has 0 aliphatic rings. The largest absolute Gasteiger partial charge is 0.375 e. The molecule has 0 bridgehead atoms. The number of aryl methyl sites for hydroxylation is 1. The molecule has 1 N–H and O–H groups in total. The van der Waals surface area contributed by atoms with E-state index in [1.54, 1.807) is 0 Å². The van der Waals surface area contributed by atoms with Crippen LogP contribution in [0.25, 0.3) is 0 Å². The molecule has 0 spiro atoms. The first kappa shape index (κ1) is 27.5. The molecule has 0 aromatic heterocycles. The molecule has 0 amide bonds. The van der Waals surface area contributed by atoms with Gasteiger partial charge in [0, 0.05) is 10.6 Å². The van der Waals surface area contributed by atoms with Crippen molar-refractivity contribution in [2.75, 3.05) is 5.32 Å². The van der Waals surface area contributed by atoms with Crippen molar-refractivity contribution in [2.45, 2.75) is 86.8 Å². The lowest BCUT2D eigenvalue weighted by atomic mass is 9.97. The van der Waals surface area contributed by atoms with Gasteiger partial charge in [-0.3, -0.25) is 4.21 Å². The first-order valence-electron chi connectivity index (χ1n) is 13.1. The fourth-order valence-corrected chi connectivity index (χ4v) is 6.58. The predicted octanol–water partition coefficient (Wildman–Crippen LogP) is 9.42. The molecule has 3 aromatic rings. The molecule has 3 atom stereocenters. The highest BCUT2D eigenvalue weighted by Gasteiger charge is 2.44. The predicted molar refractivity (Wildman–Crippen MR) is 153 cm³/mol. The van der Waals surface area contributed by atoms with E-state index in [0.717, 1.165) is 34.6 Å². The van der Waals surface area contributed by atoms with Crippen molar-refractivity contribution >= 4 is 28.1 Å². The Morgan fingerprint density at radius 2 is 1.31 bits per heavy atom. The van der Waals surface area contributed by atoms with Crippen LogP contribution in [0.15, 0.2) is 89.8 Å². The van der Waals surface area contributed by atoms with Gasteiger partial charge in [0.1, 0.15) is 4.21 Å². The van der Waals surface area contributed by atoms with E-state index in [0.29, 0.717) is 6.42 Å². The average Bonchev–Trinajstić information content (AvgIpc) is 2.90. The number of para-hydroxylation sites is 1. The highest BCUT2D eigenvalue weighted by Crippen LogP contribution is 2.44. The maximum Gasteiger partial charge on any atom is 0.148 e. The monoisotopic (exact) mass is 509 g/mol. The van der Waals surface area contributed by atoms with Crippen molar-refractivity contribution in [2.24, 2.45) is 0 Å². The van der Waals surface area contributed by atoms with Gasteiger partial charge in [-0.2, -0.15) is 0 Å². The Labute approximate surface area is 220 Å². The van der Waals surface area contributed by atoms with Crippen LogP contribution in [-0.2, 0) is 10.8 Å². The van der Waals surface area contributed by atoms with Gasteiger partial charge in [-0.25, -0.2) is 0 Å². The van der Waals surface area contributed by atoms with Gasteiger partial charge < -0.3 is 5.32 Å². The van der Waals surface area contributed by atoms with Crippen LogP contribution in [0, 0.1) is 6.92 Å². The Bertz CT molecular complexity index is 1010. The van der Waals surface area contributed by atoms with Crippen LogP contribution < -0.4 is 5.32 Å². The van der Waals surface area contributed by atoms with Gasteiger partial charge >= 0.3 is 0 Å². The molecule has 0 aliphatic heterocycles. The third kappa shape index (κ3) is 8.22. The third-order valence-corrected chi connectivity index (χ3v) is 9.15. The van der Waals surface area contributed by atoms with Crippen molar-refractivity contribution in [1.29, 1.82) is 0 Å². The molecule has 3 rings (SSSR count). The van der Waals surface area contributed by atoms with Crippen molar-refractivity contribution < 1.29 is 4.21 Å². The van der Waals surface area contributed by atoms with Gasteiger partial charge in [-0.05, 0) is 43.2 Å². The van der Waals surface area contributed by atoms with Gasteiger partial charge in [0.25, 0.3) is 0 Å². The molecular formula is C31H40ClNOS. The number of benzene rings is 3. The van der Waals surface area contributed by atoms with Crippen LogP contribution in [0.3, 0.4) is 0 Å². The van der Waals surface area contributed by atoms with Crippen molar-refractivity contribution in [3.05, 3.63) is 96.1 Å². The van der Waals surface area contributed by atoms with E-state index in [2.05, 4.69) is 24.4 Å². The van der Waals surface area contributed by atoms with E-state index in [-0.39, 0.29) is 6.04 Å². The summed E-state index contributed by atoms with van der Waals surface area (Å²) in [5, 5.41) is 3.65. The molecule has 0 unspecified atom stereocenters. The van der Waals surface area contributed by atoms with Crippen LogP contribution >= 0.6 is 11.6 Å². The lowest BCUT2D eigenvalue weighted by molar-refractivity contribution is 0.518. The zero-order valence-corrected chi connectivity index (χ0v) is 22.8. The summed E-state index contributed by atoms with van der Waals surface area (Å²) in [6, 6.07) is 28.0. The Morgan fingerprint density at radius 1 is 0.771 bits per heavy atom. The molecule has 0 saturated carbocycles. The molecule has 35 heavy (non-hydrogen) atoms. The quantitative estimate of drug-likeness (QED) is 0.163. The summed E-state index contributed by atoms with van der Waals surface area (Å²) in [4.78, 5) is 0.779. The fraction of sp³-hybridized carbons (Fsp3) is 0.419. The second kappa shape index (κ2) is 14.5. The third-order valence-electron chi connectivity index (χ3n) is 6.56. The van der Waals surface area contributed by atoms with Crippen LogP contribution in [0.1, 0.15) is 81.9 Å². The van der Waals surface area contributed by atoms with Gasteiger partial charge in [0.05, 0.1) is 16.8 Å². The second-order valence-electron chi connectivity index (χ2n) is 9.45. The minimum Gasteiger partial charge on any atom is -0.375 e. The number of hydrogen-bond donors (Lipinski definition) is 1. The number of alkyl halides is 1. The Hall–Kier alpha value is -2.10. The zero-order valence-electron chi connectivity index (χ0n) is 21.2. The summed E-state index contributed by atoms with van der Waals surface area (Å²) in [5.74, 6) is 0. The number of nitrogens with one attached hydrogen (secondary N) is 1. The molecule has 3 aromatic carbocycles.